The highest BCUT2D eigenvalue weighted by Crippen LogP contribution is 2.29. The van der Waals surface area contributed by atoms with Crippen molar-refractivity contribution < 1.29 is 8.78 Å². The number of nitrogens with zero attached hydrogens (tertiary/aromatic N) is 1. The number of hydrogen-bond acceptors (Lipinski definition) is 2. The van der Waals surface area contributed by atoms with E-state index in [1.807, 2.05) is 0 Å². The van der Waals surface area contributed by atoms with Crippen LogP contribution in [0.15, 0.2) is 34.8 Å². The number of anilines is 1. The lowest BCUT2D eigenvalue weighted by Gasteiger charge is -2.02. The van der Waals surface area contributed by atoms with Gasteiger partial charge in [-0.1, -0.05) is 22.0 Å². The van der Waals surface area contributed by atoms with Crippen molar-refractivity contribution in [1.82, 2.24) is 9.97 Å². The molecule has 19 heavy (non-hydrogen) atoms. The van der Waals surface area contributed by atoms with Crippen molar-refractivity contribution in [3.05, 3.63) is 46.4 Å². The monoisotopic (exact) mass is 323 g/mol. The van der Waals surface area contributed by atoms with Crippen LogP contribution in [0.25, 0.3) is 22.4 Å². The first-order chi connectivity index (χ1) is 9.06. The zero-order valence-electron chi connectivity index (χ0n) is 9.55. The molecule has 0 radical (unpaired) electrons. The quantitative estimate of drug-likeness (QED) is 0.668. The molecule has 0 amide bonds. The molecule has 0 spiro atoms. The van der Waals surface area contributed by atoms with Gasteiger partial charge in [0.2, 0.25) is 0 Å². The number of nitrogen functional groups attached to an aromatic ring is 1. The first kappa shape index (κ1) is 12.1. The van der Waals surface area contributed by atoms with Gasteiger partial charge in [-0.3, -0.25) is 0 Å². The van der Waals surface area contributed by atoms with Crippen molar-refractivity contribution in [2.75, 3.05) is 5.73 Å². The molecule has 3 rings (SSSR count). The van der Waals surface area contributed by atoms with Crippen LogP contribution in [0.4, 0.5) is 14.5 Å². The molecule has 1 heterocycles. The van der Waals surface area contributed by atoms with Crippen molar-refractivity contribution in [1.29, 1.82) is 0 Å². The number of H-pyrrole nitrogens is 1. The maximum atomic E-state index is 13.9. The second-order valence-electron chi connectivity index (χ2n) is 4.07. The van der Waals surface area contributed by atoms with Gasteiger partial charge in [-0.25, -0.2) is 13.8 Å². The highest BCUT2D eigenvalue weighted by Gasteiger charge is 2.17. The Morgan fingerprint density at radius 2 is 1.84 bits per heavy atom. The van der Waals surface area contributed by atoms with E-state index in [4.69, 9.17) is 5.73 Å². The maximum absolute atomic E-state index is 13.9. The van der Waals surface area contributed by atoms with Crippen molar-refractivity contribution >= 4 is 32.7 Å². The van der Waals surface area contributed by atoms with E-state index < -0.39 is 11.6 Å². The number of benzene rings is 2. The molecule has 3 aromatic rings. The predicted molar refractivity (Wildman–Crippen MR) is 73.6 cm³/mol. The van der Waals surface area contributed by atoms with Gasteiger partial charge in [-0.15, -0.1) is 0 Å². The maximum Gasteiger partial charge on any atom is 0.144 e. The summed E-state index contributed by atoms with van der Waals surface area (Å²) >= 11 is 3.04. The molecule has 3 nitrogen and oxygen atoms in total. The number of aromatic amines is 1. The summed E-state index contributed by atoms with van der Waals surface area (Å²) in [6.45, 7) is 0. The van der Waals surface area contributed by atoms with Gasteiger partial charge in [-0.05, 0) is 24.3 Å². The number of nitrogens with one attached hydrogen (secondary N) is 1. The number of hydrogen-bond donors (Lipinski definition) is 2. The van der Waals surface area contributed by atoms with Gasteiger partial charge in [0.25, 0.3) is 0 Å². The number of aromatic nitrogens is 2. The Morgan fingerprint density at radius 1 is 1.16 bits per heavy atom. The number of halogens is 3. The Labute approximate surface area is 115 Å². The normalized spacial score (nSPS) is 11.1. The van der Waals surface area contributed by atoms with Crippen LogP contribution in [0.5, 0.6) is 0 Å². The fraction of sp³-hybridized carbons (Fsp3) is 0. The highest BCUT2D eigenvalue weighted by molar-refractivity contribution is 9.10. The molecule has 0 aliphatic heterocycles. The third-order valence-electron chi connectivity index (χ3n) is 2.79. The Kier molecular flexibility index (Phi) is 2.74. The largest absolute Gasteiger partial charge is 0.397 e. The summed E-state index contributed by atoms with van der Waals surface area (Å²) in [5.74, 6) is -1.26. The predicted octanol–water partition coefficient (Wildman–Crippen LogP) is 3.85. The molecule has 1 aromatic heterocycles. The highest BCUT2D eigenvalue weighted by atomic mass is 79.9. The van der Waals surface area contributed by atoms with Crippen molar-refractivity contribution in [2.24, 2.45) is 0 Å². The first-order valence-electron chi connectivity index (χ1n) is 5.45. The van der Waals surface area contributed by atoms with Crippen molar-refractivity contribution in [3.8, 4) is 11.4 Å². The minimum Gasteiger partial charge on any atom is -0.397 e. The molecule has 0 aliphatic rings. The van der Waals surface area contributed by atoms with Crippen LogP contribution in [-0.4, -0.2) is 9.97 Å². The third-order valence-corrected chi connectivity index (χ3v) is 3.25. The molecule has 96 valence electrons. The minimum absolute atomic E-state index is 0.121. The molecule has 0 saturated carbocycles. The lowest BCUT2D eigenvalue weighted by Crippen LogP contribution is -1.92. The third kappa shape index (κ3) is 1.98. The van der Waals surface area contributed by atoms with Crippen LogP contribution >= 0.6 is 15.9 Å². The zero-order chi connectivity index (χ0) is 13.6. The number of fused-ring (bicyclic) bond motifs is 1. The average molecular weight is 324 g/mol. The summed E-state index contributed by atoms with van der Waals surface area (Å²) in [5, 5.41) is 0. The SMILES string of the molecule is Nc1cccc2[nH]c(-c3c(F)cc(Br)cc3F)nc12. The van der Waals surface area contributed by atoms with Crippen LogP contribution < -0.4 is 5.73 Å². The number of rotatable bonds is 1. The first-order valence-corrected chi connectivity index (χ1v) is 6.24. The number of nitrogens with two attached hydrogens (primary N) is 1. The van der Waals surface area contributed by atoms with Crippen LogP contribution in [0, 0.1) is 11.6 Å². The molecule has 6 heteroatoms. The van der Waals surface area contributed by atoms with Crippen molar-refractivity contribution in [2.45, 2.75) is 0 Å². The Hall–Kier alpha value is -1.95. The molecule has 0 fully saturated rings. The van der Waals surface area contributed by atoms with Crippen LogP contribution in [0.2, 0.25) is 0 Å². The second-order valence-corrected chi connectivity index (χ2v) is 4.99. The van der Waals surface area contributed by atoms with E-state index in [1.165, 1.54) is 12.1 Å². The van der Waals surface area contributed by atoms with Crippen LogP contribution in [0.3, 0.4) is 0 Å². The number of para-hydroxylation sites is 1. The van der Waals surface area contributed by atoms with Gasteiger partial charge in [0.05, 0.1) is 16.8 Å². The van der Waals surface area contributed by atoms with Gasteiger partial charge >= 0.3 is 0 Å². The summed E-state index contributed by atoms with van der Waals surface area (Å²) in [5.41, 5.74) is 7.17. The molecule has 0 saturated heterocycles. The average Bonchev–Trinajstić information content (AvgIpc) is 2.72. The van der Waals surface area contributed by atoms with Crippen LogP contribution in [0.1, 0.15) is 0 Å². The Morgan fingerprint density at radius 3 is 2.47 bits per heavy atom. The Balaban J connectivity index is 2.28. The van der Waals surface area contributed by atoms with E-state index >= 15 is 0 Å². The summed E-state index contributed by atoms with van der Waals surface area (Å²) in [6, 6.07) is 7.55. The van der Waals surface area contributed by atoms with Gasteiger partial charge in [0.15, 0.2) is 0 Å². The lowest BCUT2D eigenvalue weighted by atomic mass is 10.2. The second kappa shape index (κ2) is 4.31. The van der Waals surface area contributed by atoms with Gasteiger partial charge in [0.1, 0.15) is 23.0 Å². The summed E-state index contributed by atoms with van der Waals surface area (Å²) < 4.78 is 28.1. The van der Waals surface area contributed by atoms with E-state index in [0.29, 0.717) is 21.2 Å². The van der Waals surface area contributed by atoms with E-state index in [-0.39, 0.29) is 11.4 Å². The molecular formula is C13H8BrF2N3. The molecular weight excluding hydrogens is 316 g/mol. The van der Waals surface area contributed by atoms with Crippen molar-refractivity contribution in [3.63, 3.8) is 0 Å². The van der Waals surface area contributed by atoms with Gasteiger partial charge in [-0.2, -0.15) is 0 Å². The smallest absolute Gasteiger partial charge is 0.144 e. The fourth-order valence-electron chi connectivity index (χ4n) is 1.94. The topological polar surface area (TPSA) is 54.7 Å². The Bertz CT molecular complexity index is 760. The standard InChI is InChI=1S/C13H8BrF2N3/c14-6-4-7(15)11(8(16)5-6)13-18-10-3-1-2-9(17)12(10)19-13/h1-5H,17H2,(H,18,19). The molecule has 3 N–H and O–H groups in total. The molecule has 0 aliphatic carbocycles. The molecule has 2 aromatic carbocycles. The minimum atomic E-state index is -0.690. The molecule has 0 bridgehead atoms. The van der Waals surface area contributed by atoms with Gasteiger partial charge < -0.3 is 10.7 Å². The molecule has 0 atom stereocenters. The number of imidazole rings is 1. The lowest BCUT2D eigenvalue weighted by molar-refractivity contribution is 0.586. The van der Waals surface area contributed by atoms with Crippen LogP contribution in [-0.2, 0) is 0 Å². The zero-order valence-corrected chi connectivity index (χ0v) is 11.1. The van der Waals surface area contributed by atoms with E-state index in [1.54, 1.807) is 18.2 Å². The summed E-state index contributed by atoms with van der Waals surface area (Å²) in [4.78, 5) is 7.03. The fourth-order valence-corrected chi connectivity index (χ4v) is 2.34. The van der Waals surface area contributed by atoms with E-state index in [9.17, 15) is 8.78 Å². The van der Waals surface area contributed by atoms with E-state index in [2.05, 4.69) is 25.9 Å². The summed E-state index contributed by atoms with van der Waals surface area (Å²) in [7, 11) is 0. The van der Waals surface area contributed by atoms with E-state index in [0.717, 1.165) is 0 Å². The van der Waals surface area contributed by atoms with Gasteiger partial charge in [0, 0.05) is 4.47 Å². The summed E-state index contributed by atoms with van der Waals surface area (Å²) in [6.07, 6.45) is 0. The molecule has 0 unspecified atom stereocenters.